The smallest absolute Gasteiger partial charge is 0.198 e. The SMILES string of the molecule is CC1(CSCc2ccc3c(c2)C(=O)c2c(O)c4c(c(O)c2C3=O)C2CCC4C2)COc2c(-c3scc4c3OCCO4)sc(-c3scc4c3OCCO4)c2OC1. The number of benzene rings is 2. The quantitative estimate of drug-likeness (QED) is 0.156. The van der Waals surface area contributed by atoms with Crippen LogP contribution >= 0.6 is 45.8 Å². The van der Waals surface area contributed by atoms with E-state index in [0.29, 0.717) is 73.8 Å². The van der Waals surface area contributed by atoms with Gasteiger partial charge in [0.1, 0.15) is 37.9 Å². The summed E-state index contributed by atoms with van der Waals surface area (Å²) < 4.78 is 37.4. The van der Waals surface area contributed by atoms with Gasteiger partial charge in [-0.3, -0.25) is 9.59 Å². The number of fused-ring (bicyclic) bond motifs is 10. The van der Waals surface area contributed by atoms with Crippen LogP contribution < -0.4 is 28.4 Å². The van der Waals surface area contributed by atoms with Gasteiger partial charge in [-0.1, -0.05) is 13.0 Å². The monoisotopic (exact) mass is 814 g/mol. The van der Waals surface area contributed by atoms with Gasteiger partial charge < -0.3 is 38.6 Å². The fourth-order valence-electron chi connectivity index (χ4n) is 8.91. The molecule has 1 saturated carbocycles. The molecule has 0 radical (unpaired) electrons. The molecule has 3 aliphatic carbocycles. The van der Waals surface area contributed by atoms with Crippen LogP contribution in [-0.4, -0.2) is 67.2 Å². The van der Waals surface area contributed by atoms with E-state index in [0.717, 1.165) is 67.3 Å². The second-order valence-corrected chi connectivity index (χ2v) is 19.0. The fourth-order valence-corrected chi connectivity index (χ4v) is 13.4. The molecule has 0 saturated heterocycles. The van der Waals surface area contributed by atoms with Gasteiger partial charge in [-0.25, -0.2) is 0 Å². The zero-order valence-corrected chi connectivity index (χ0v) is 32.9. The first-order chi connectivity index (χ1) is 26.8. The number of thioether (sulfide) groups is 1. The van der Waals surface area contributed by atoms with Crippen molar-refractivity contribution in [3.63, 3.8) is 0 Å². The third-order valence-electron chi connectivity index (χ3n) is 11.5. The van der Waals surface area contributed by atoms with Crippen LogP contribution in [0, 0.1) is 5.41 Å². The maximum atomic E-state index is 14.0. The molecule has 5 aromatic rings. The molecule has 2 unspecified atom stereocenters. The molecule has 11 rings (SSSR count). The molecule has 1 fully saturated rings. The highest BCUT2D eigenvalue weighted by molar-refractivity contribution is 7.98. The lowest BCUT2D eigenvalue weighted by Gasteiger charge is -2.27. The normalized spacial score (nSPS) is 20.9. The minimum absolute atomic E-state index is 0.0518. The van der Waals surface area contributed by atoms with Crippen LogP contribution in [0.5, 0.6) is 46.0 Å². The van der Waals surface area contributed by atoms with E-state index in [1.807, 2.05) is 16.8 Å². The van der Waals surface area contributed by atoms with Crippen molar-refractivity contribution in [1.82, 2.24) is 0 Å². The zero-order valence-electron chi connectivity index (χ0n) is 29.6. The van der Waals surface area contributed by atoms with Crippen LogP contribution in [0.2, 0.25) is 0 Å². The van der Waals surface area contributed by atoms with E-state index < -0.39 is 11.6 Å². The molecule has 0 amide bonds. The number of carbonyl (C=O) groups is 2. The molecule has 2 N–H and O–H groups in total. The third-order valence-corrected chi connectivity index (χ3v) is 16.3. The Morgan fingerprint density at radius 2 is 1.25 bits per heavy atom. The Hall–Kier alpha value is -4.37. The highest BCUT2D eigenvalue weighted by atomic mass is 32.2. The summed E-state index contributed by atoms with van der Waals surface area (Å²) in [6.07, 6.45) is 2.67. The van der Waals surface area contributed by atoms with Crippen LogP contribution in [0.1, 0.15) is 86.6 Å². The number of hydrogen-bond acceptors (Lipinski definition) is 14. The van der Waals surface area contributed by atoms with Crippen molar-refractivity contribution in [1.29, 1.82) is 0 Å². The first-order valence-electron chi connectivity index (χ1n) is 18.4. The molecule has 3 aliphatic heterocycles. The molecule has 6 aliphatic rings. The molecule has 2 aromatic carbocycles. The second kappa shape index (κ2) is 12.6. The van der Waals surface area contributed by atoms with E-state index in [4.69, 9.17) is 28.4 Å². The number of hydrogen-bond donors (Lipinski definition) is 2. The van der Waals surface area contributed by atoms with Crippen LogP contribution in [0.3, 0.4) is 0 Å². The second-order valence-electron chi connectivity index (χ2n) is 15.2. The summed E-state index contributed by atoms with van der Waals surface area (Å²) in [5.41, 5.74) is 2.25. The topological polar surface area (TPSA) is 130 Å². The molecule has 0 spiro atoms. The van der Waals surface area contributed by atoms with E-state index in [1.54, 1.807) is 57.9 Å². The molecule has 2 bridgehead atoms. The largest absolute Gasteiger partial charge is 0.507 e. The number of ketones is 2. The van der Waals surface area contributed by atoms with Crippen molar-refractivity contribution < 1.29 is 48.2 Å². The predicted octanol–water partition coefficient (Wildman–Crippen LogP) is 9.01. The molecule has 6 heterocycles. The van der Waals surface area contributed by atoms with Gasteiger partial charge in [-0.05, 0) is 48.8 Å². The van der Waals surface area contributed by atoms with Gasteiger partial charge in [0.2, 0.25) is 0 Å². The van der Waals surface area contributed by atoms with Gasteiger partial charge in [0.25, 0.3) is 0 Å². The molecule has 55 heavy (non-hydrogen) atoms. The maximum Gasteiger partial charge on any atom is 0.198 e. The van der Waals surface area contributed by atoms with Crippen molar-refractivity contribution in [2.75, 3.05) is 45.4 Å². The predicted molar refractivity (Wildman–Crippen MR) is 211 cm³/mol. The Morgan fingerprint density at radius 1 is 0.709 bits per heavy atom. The minimum Gasteiger partial charge on any atom is -0.507 e. The number of rotatable bonds is 6. The summed E-state index contributed by atoms with van der Waals surface area (Å²) in [5, 5.41) is 26.6. The summed E-state index contributed by atoms with van der Waals surface area (Å²) in [5.74, 6) is 4.69. The fraction of sp³-hybridized carbons (Fsp3) is 0.366. The highest BCUT2D eigenvalue weighted by Crippen LogP contribution is 2.63. The van der Waals surface area contributed by atoms with Gasteiger partial charge in [0, 0.05) is 49.9 Å². The van der Waals surface area contributed by atoms with Crippen molar-refractivity contribution in [3.8, 4) is 65.5 Å². The van der Waals surface area contributed by atoms with Gasteiger partial charge in [-0.2, -0.15) is 11.8 Å². The number of phenols is 2. The highest BCUT2D eigenvalue weighted by Gasteiger charge is 2.47. The van der Waals surface area contributed by atoms with Gasteiger partial charge in [-0.15, -0.1) is 34.0 Å². The number of carbonyl (C=O) groups excluding carboxylic acids is 2. The Bertz CT molecular complexity index is 2390. The summed E-state index contributed by atoms with van der Waals surface area (Å²) in [6.45, 7) is 4.94. The van der Waals surface area contributed by atoms with Crippen LogP contribution in [0.15, 0.2) is 29.0 Å². The lowest BCUT2D eigenvalue weighted by atomic mass is 9.77. The molecule has 2 atom stereocenters. The minimum atomic E-state index is -0.419. The number of phenolic OH excluding ortho intramolecular Hbond substituents is 2. The van der Waals surface area contributed by atoms with Crippen molar-refractivity contribution >= 4 is 57.3 Å². The number of aromatic hydroxyl groups is 2. The molecular formula is C41H34O10S4. The van der Waals surface area contributed by atoms with Gasteiger partial charge in [0.15, 0.2) is 46.1 Å². The summed E-state index contributed by atoms with van der Waals surface area (Å²) in [7, 11) is 0. The van der Waals surface area contributed by atoms with E-state index >= 15 is 0 Å². The first kappa shape index (κ1) is 33.9. The molecule has 3 aromatic heterocycles. The van der Waals surface area contributed by atoms with Crippen LogP contribution in [-0.2, 0) is 5.75 Å². The van der Waals surface area contributed by atoms with Crippen molar-refractivity contribution in [2.45, 2.75) is 43.8 Å². The van der Waals surface area contributed by atoms with Gasteiger partial charge >= 0.3 is 0 Å². The standard InChI is InChI=1S/C41H34O10S4/c1-41(17-52-12-18-2-5-21-22(10-18)30(43)28-27(29(21)42)31(44)25-19-3-4-20(11-19)26(25)32(28)45)15-50-35-36(51-16-41)40(38-34-24(14-54-38)47-7-9-49-34)55-39(35)37-33-23(13-53-37)46-6-8-48-33/h2,5,10,13-14,19-20,44-45H,3-4,6-9,11-12,15-17H2,1H3. The maximum absolute atomic E-state index is 14.0. The lowest BCUT2D eigenvalue weighted by Crippen LogP contribution is -2.33. The Balaban J connectivity index is 0.851. The molecule has 10 nitrogen and oxygen atoms in total. The molecular weight excluding hydrogens is 781 g/mol. The summed E-state index contributed by atoms with van der Waals surface area (Å²) in [6, 6.07) is 5.31. The third kappa shape index (κ3) is 5.10. The zero-order chi connectivity index (χ0) is 37.2. The van der Waals surface area contributed by atoms with Crippen molar-refractivity contribution in [2.24, 2.45) is 5.41 Å². The molecule has 14 heteroatoms. The van der Waals surface area contributed by atoms with E-state index in [1.165, 1.54) is 0 Å². The Labute approximate surface area is 331 Å². The first-order valence-corrected chi connectivity index (χ1v) is 22.1. The van der Waals surface area contributed by atoms with E-state index in [-0.39, 0.29) is 51.0 Å². The Morgan fingerprint density at radius 3 is 1.84 bits per heavy atom. The Kier molecular flexibility index (Phi) is 7.75. The summed E-state index contributed by atoms with van der Waals surface area (Å²) in [4.78, 5) is 31.5. The number of thiophene rings is 3. The molecule has 282 valence electrons. The average Bonchev–Trinajstić information content (AvgIpc) is 4.04. The lowest BCUT2D eigenvalue weighted by molar-refractivity contribution is 0.0973. The van der Waals surface area contributed by atoms with Crippen LogP contribution in [0.4, 0.5) is 0 Å². The average molecular weight is 815 g/mol. The number of ether oxygens (including phenoxy) is 6. The van der Waals surface area contributed by atoms with E-state index in [2.05, 4.69) is 6.92 Å². The van der Waals surface area contributed by atoms with Crippen molar-refractivity contribution in [3.05, 3.63) is 67.9 Å². The van der Waals surface area contributed by atoms with Gasteiger partial charge in [0.05, 0.1) is 43.8 Å². The summed E-state index contributed by atoms with van der Waals surface area (Å²) >= 11 is 6.41. The van der Waals surface area contributed by atoms with Crippen LogP contribution in [0.25, 0.3) is 19.5 Å². The van der Waals surface area contributed by atoms with E-state index in [9.17, 15) is 19.8 Å².